The second kappa shape index (κ2) is 7.08. The fourth-order valence-electron chi connectivity index (χ4n) is 3.90. The molecule has 0 bridgehead atoms. The van der Waals surface area contributed by atoms with Gasteiger partial charge in [0.05, 0.1) is 12.0 Å². The van der Waals surface area contributed by atoms with Gasteiger partial charge in [0.25, 0.3) is 0 Å². The van der Waals surface area contributed by atoms with E-state index in [2.05, 4.69) is 15.9 Å². The van der Waals surface area contributed by atoms with Gasteiger partial charge >= 0.3 is 0 Å². The molecule has 0 N–H and O–H groups in total. The lowest BCUT2D eigenvalue weighted by Crippen LogP contribution is -2.20. The highest BCUT2D eigenvalue weighted by Gasteiger charge is 2.30. The van der Waals surface area contributed by atoms with Crippen LogP contribution in [0.3, 0.4) is 0 Å². The molecule has 2 aromatic rings. The monoisotopic (exact) mass is 342 g/mol. The lowest BCUT2D eigenvalue weighted by atomic mass is 9.97. The van der Waals surface area contributed by atoms with Crippen LogP contribution in [0.5, 0.6) is 5.88 Å². The van der Waals surface area contributed by atoms with Gasteiger partial charge in [0, 0.05) is 10.8 Å². The van der Waals surface area contributed by atoms with Gasteiger partial charge in [0.15, 0.2) is 0 Å². The van der Waals surface area contributed by atoms with Crippen molar-refractivity contribution in [2.75, 3.05) is 13.2 Å². The van der Waals surface area contributed by atoms with E-state index in [4.69, 9.17) is 15.9 Å². The van der Waals surface area contributed by atoms with E-state index in [1.165, 1.54) is 29.7 Å². The predicted octanol–water partition coefficient (Wildman–Crippen LogP) is 4.08. The number of aromatic nitrogens is 2. The number of nitrogens with zero attached hydrogens (tertiary/aromatic N) is 2. The molecular weight excluding hydrogens is 320 g/mol. The van der Waals surface area contributed by atoms with Crippen molar-refractivity contribution in [1.82, 2.24) is 9.97 Å². The molecule has 4 nitrogen and oxygen atoms in total. The molecule has 126 valence electrons. The van der Waals surface area contributed by atoms with E-state index in [-0.39, 0.29) is 0 Å². The molecule has 0 saturated heterocycles. The Morgan fingerprint density at radius 1 is 1.21 bits per heavy atom. The van der Waals surface area contributed by atoms with Gasteiger partial charge in [-0.05, 0) is 44.1 Å². The Bertz CT molecular complexity index is 759. The Hall–Kier alpha value is -1.64. The second-order valence-corrected chi connectivity index (χ2v) is 7.71. The molecule has 1 saturated carbocycles. The van der Waals surface area contributed by atoms with Crippen molar-refractivity contribution < 1.29 is 9.47 Å². The first-order valence-corrected chi connectivity index (χ1v) is 9.62. The minimum Gasteiger partial charge on any atom is -0.474 e. The molecule has 0 radical (unpaired) electrons. The van der Waals surface area contributed by atoms with E-state index in [0.29, 0.717) is 25.2 Å². The van der Waals surface area contributed by atoms with Crippen molar-refractivity contribution in [3.8, 4) is 18.2 Å². The molecular formula is C19H22N2O2S. The molecule has 2 aliphatic rings. The van der Waals surface area contributed by atoms with Crippen LogP contribution >= 0.6 is 11.3 Å². The van der Waals surface area contributed by atoms with Crippen LogP contribution in [0.4, 0.5) is 0 Å². The maximum atomic E-state index is 6.31. The van der Waals surface area contributed by atoms with Crippen LogP contribution in [0, 0.1) is 12.3 Å². The summed E-state index contributed by atoms with van der Waals surface area (Å²) in [6.07, 6.45) is 15.5. The van der Waals surface area contributed by atoms with Crippen LogP contribution in [0.2, 0.25) is 0 Å². The maximum Gasteiger partial charge on any atom is 0.225 e. The number of terminal acetylenes is 1. The highest BCUT2D eigenvalue weighted by Crippen LogP contribution is 2.46. The van der Waals surface area contributed by atoms with Crippen molar-refractivity contribution in [1.29, 1.82) is 0 Å². The quantitative estimate of drug-likeness (QED) is 0.606. The van der Waals surface area contributed by atoms with E-state index >= 15 is 0 Å². The zero-order chi connectivity index (χ0) is 16.4. The van der Waals surface area contributed by atoms with Gasteiger partial charge in [-0.1, -0.05) is 12.3 Å². The third-order valence-electron chi connectivity index (χ3n) is 5.03. The first-order chi connectivity index (χ1) is 11.9. The average Bonchev–Trinajstić information content (AvgIpc) is 3.16. The summed E-state index contributed by atoms with van der Waals surface area (Å²) in [5.41, 5.74) is 1.35. The smallest absolute Gasteiger partial charge is 0.225 e. The van der Waals surface area contributed by atoms with Crippen molar-refractivity contribution in [2.24, 2.45) is 0 Å². The summed E-state index contributed by atoms with van der Waals surface area (Å²) in [5, 5.41) is 1.12. The van der Waals surface area contributed by atoms with Gasteiger partial charge in [0.1, 0.15) is 23.9 Å². The molecule has 0 amide bonds. The predicted molar refractivity (Wildman–Crippen MR) is 95.6 cm³/mol. The molecule has 0 aromatic carbocycles. The molecule has 0 spiro atoms. The Kier molecular flexibility index (Phi) is 4.68. The van der Waals surface area contributed by atoms with Gasteiger partial charge in [-0.2, -0.15) is 0 Å². The largest absolute Gasteiger partial charge is 0.474 e. The van der Waals surface area contributed by atoms with Crippen LogP contribution in [0.1, 0.15) is 54.9 Å². The molecule has 2 aliphatic carbocycles. The van der Waals surface area contributed by atoms with E-state index in [1.807, 2.05) is 0 Å². The number of hydrogen-bond donors (Lipinski definition) is 0. The maximum absolute atomic E-state index is 6.31. The summed E-state index contributed by atoms with van der Waals surface area (Å²) in [4.78, 5) is 11.4. The van der Waals surface area contributed by atoms with Crippen molar-refractivity contribution in [2.45, 2.75) is 57.0 Å². The summed E-state index contributed by atoms with van der Waals surface area (Å²) in [7, 11) is 0. The van der Waals surface area contributed by atoms with E-state index in [0.717, 1.165) is 41.8 Å². The van der Waals surface area contributed by atoms with E-state index < -0.39 is 0 Å². The van der Waals surface area contributed by atoms with Gasteiger partial charge in [0.2, 0.25) is 5.88 Å². The molecule has 1 atom stereocenters. The number of ether oxygens (including phenoxy) is 2. The summed E-state index contributed by atoms with van der Waals surface area (Å²) in [6.45, 7) is 1.04. The standard InChI is InChI=1S/C19H22N2O2S/c1-2-10-22-11-13-8-9-15-16(13)17-18(20-12-21-19(17)24-15)23-14-6-4-3-5-7-14/h1,12-14H,3-11H2. The highest BCUT2D eigenvalue weighted by atomic mass is 32.1. The summed E-state index contributed by atoms with van der Waals surface area (Å²) >= 11 is 1.78. The van der Waals surface area contributed by atoms with Gasteiger partial charge in [-0.15, -0.1) is 17.8 Å². The number of hydrogen-bond acceptors (Lipinski definition) is 5. The zero-order valence-electron chi connectivity index (χ0n) is 13.8. The molecule has 1 fully saturated rings. The fourth-order valence-corrected chi connectivity index (χ4v) is 5.13. The van der Waals surface area contributed by atoms with Crippen molar-refractivity contribution >= 4 is 21.6 Å². The lowest BCUT2D eigenvalue weighted by molar-refractivity contribution is 0.148. The van der Waals surface area contributed by atoms with Crippen LogP contribution < -0.4 is 4.74 Å². The number of thiophene rings is 1. The topological polar surface area (TPSA) is 44.2 Å². The molecule has 24 heavy (non-hydrogen) atoms. The van der Waals surface area contributed by atoms with Crippen molar-refractivity contribution in [3.63, 3.8) is 0 Å². The number of rotatable bonds is 5. The Morgan fingerprint density at radius 2 is 2.08 bits per heavy atom. The summed E-state index contributed by atoms with van der Waals surface area (Å²) in [6, 6.07) is 0. The minimum atomic E-state index is 0.296. The zero-order valence-corrected chi connectivity index (χ0v) is 14.6. The molecule has 5 heteroatoms. The van der Waals surface area contributed by atoms with Gasteiger partial charge < -0.3 is 9.47 Å². The molecule has 1 unspecified atom stereocenters. The van der Waals surface area contributed by atoms with Crippen LogP contribution in [0.25, 0.3) is 10.2 Å². The van der Waals surface area contributed by atoms with E-state index in [1.54, 1.807) is 17.7 Å². The normalized spacial score (nSPS) is 20.9. The first kappa shape index (κ1) is 15.9. The Labute approximate surface area is 146 Å². The number of fused-ring (bicyclic) bond motifs is 3. The minimum absolute atomic E-state index is 0.296. The molecule has 4 rings (SSSR count). The third kappa shape index (κ3) is 3.01. The third-order valence-corrected chi connectivity index (χ3v) is 6.20. The molecule has 2 heterocycles. The van der Waals surface area contributed by atoms with E-state index in [9.17, 15) is 0 Å². The van der Waals surface area contributed by atoms with Gasteiger partial charge in [-0.3, -0.25) is 0 Å². The second-order valence-electron chi connectivity index (χ2n) is 6.63. The summed E-state index contributed by atoms with van der Waals surface area (Å²) in [5.74, 6) is 3.69. The fraction of sp³-hybridized carbons (Fsp3) is 0.579. The van der Waals surface area contributed by atoms with Crippen molar-refractivity contribution in [3.05, 3.63) is 16.8 Å². The first-order valence-electron chi connectivity index (χ1n) is 8.81. The Morgan fingerprint density at radius 3 is 2.92 bits per heavy atom. The number of aryl methyl sites for hydroxylation is 1. The lowest BCUT2D eigenvalue weighted by Gasteiger charge is -2.23. The molecule has 0 aliphatic heterocycles. The Balaban J connectivity index is 1.64. The van der Waals surface area contributed by atoms with Gasteiger partial charge in [-0.25, -0.2) is 9.97 Å². The summed E-state index contributed by atoms with van der Waals surface area (Å²) < 4.78 is 11.9. The van der Waals surface area contributed by atoms with Crippen LogP contribution in [-0.4, -0.2) is 29.3 Å². The highest BCUT2D eigenvalue weighted by molar-refractivity contribution is 7.19. The van der Waals surface area contributed by atoms with Crippen LogP contribution in [-0.2, 0) is 11.2 Å². The average molecular weight is 342 g/mol. The van der Waals surface area contributed by atoms with Crippen LogP contribution in [0.15, 0.2) is 6.33 Å². The molecule has 2 aromatic heterocycles. The SMILES string of the molecule is C#CCOCC1CCc2sc3ncnc(OC4CCCCC4)c3c21.